The Morgan fingerprint density at radius 1 is 0.359 bits per heavy atom. The van der Waals surface area contributed by atoms with Gasteiger partial charge in [-0.3, -0.25) is 0 Å². The van der Waals surface area contributed by atoms with E-state index in [4.69, 9.17) is 0 Å². The summed E-state index contributed by atoms with van der Waals surface area (Å²) in [5.74, 6) is 0. The predicted octanol–water partition coefficient (Wildman–Crippen LogP) is 17.0. The van der Waals surface area contributed by atoms with Gasteiger partial charge in [0.05, 0.1) is 5.69 Å². The van der Waals surface area contributed by atoms with Crippen LogP contribution >= 0.6 is 0 Å². The molecule has 1 nitrogen and oxygen atoms in total. The van der Waals surface area contributed by atoms with Crippen molar-refractivity contribution in [1.29, 1.82) is 0 Å². The molecule has 0 radical (unpaired) electrons. The van der Waals surface area contributed by atoms with Crippen molar-refractivity contribution in [2.24, 2.45) is 0 Å². The maximum atomic E-state index is 2.48. The molecule has 0 fully saturated rings. The molecular formula is C63H49N. The Bertz CT molecular complexity index is 3230. The highest BCUT2D eigenvalue weighted by molar-refractivity contribution is 6.06. The van der Waals surface area contributed by atoms with E-state index >= 15 is 0 Å². The van der Waals surface area contributed by atoms with Crippen molar-refractivity contribution in [3.05, 3.63) is 270 Å². The molecule has 0 saturated heterocycles. The Morgan fingerprint density at radius 3 is 1.58 bits per heavy atom. The normalized spacial score (nSPS) is 12.7. The second-order valence-electron chi connectivity index (χ2n) is 17.8. The SMILES string of the molecule is CC1(C)c2ccccc2-c2cc(N(c3ccc(-c4ccc(C(C)(c5ccccc5)c5ccccc5)cc4)cc3)c3ccc4ccccc4c3-c3cccc(-c4ccccc4)c3)ccc21. The van der Waals surface area contributed by atoms with Crippen molar-refractivity contribution in [3.63, 3.8) is 0 Å². The summed E-state index contributed by atoms with van der Waals surface area (Å²) >= 11 is 0. The summed E-state index contributed by atoms with van der Waals surface area (Å²) in [6, 6.07) is 89.3. The molecule has 0 amide bonds. The molecule has 306 valence electrons. The highest BCUT2D eigenvalue weighted by Crippen LogP contribution is 2.52. The van der Waals surface area contributed by atoms with E-state index in [0.717, 1.165) is 17.1 Å². The second kappa shape index (κ2) is 15.9. The zero-order valence-electron chi connectivity index (χ0n) is 36.5. The van der Waals surface area contributed by atoms with E-state index in [1.165, 1.54) is 83.1 Å². The molecule has 0 unspecified atom stereocenters. The van der Waals surface area contributed by atoms with Gasteiger partial charge in [0.15, 0.2) is 0 Å². The number of hydrogen-bond donors (Lipinski definition) is 0. The first-order valence-electron chi connectivity index (χ1n) is 22.4. The molecule has 0 aliphatic heterocycles. The third kappa shape index (κ3) is 6.64. The molecule has 0 spiro atoms. The van der Waals surface area contributed by atoms with E-state index in [9.17, 15) is 0 Å². The molecule has 0 N–H and O–H groups in total. The molecule has 10 aromatic carbocycles. The lowest BCUT2D eigenvalue weighted by Gasteiger charge is -2.32. The highest BCUT2D eigenvalue weighted by atomic mass is 15.1. The fourth-order valence-corrected chi connectivity index (χ4v) is 10.4. The minimum absolute atomic E-state index is 0.0852. The quantitative estimate of drug-likeness (QED) is 0.131. The molecule has 64 heavy (non-hydrogen) atoms. The van der Waals surface area contributed by atoms with Crippen LogP contribution in [-0.2, 0) is 10.8 Å². The van der Waals surface area contributed by atoms with Crippen LogP contribution in [0.4, 0.5) is 17.1 Å². The minimum Gasteiger partial charge on any atom is -0.310 e. The summed E-state index contributed by atoms with van der Waals surface area (Å²) in [4.78, 5) is 2.48. The van der Waals surface area contributed by atoms with Gasteiger partial charge in [0.1, 0.15) is 0 Å². The van der Waals surface area contributed by atoms with Crippen molar-refractivity contribution < 1.29 is 0 Å². The first-order chi connectivity index (χ1) is 31.4. The van der Waals surface area contributed by atoms with Crippen molar-refractivity contribution in [2.75, 3.05) is 4.90 Å². The predicted molar refractivity (Wildman–Crippen MR) is 271 cm³/mol. The van der Waals surface area contributed by atoms with Gasteiger partial charge in [0, 0.05) is 27.8 Å². The Balaban J connectivity index is 1.06. The van der Waals surface area contributed by atoms with Crippen LogP contribution in [0.25, 0.3) is 55.3 Å². The summed E-state index contributed by atoms with van der Waals surface area (Å²) in [5.41, 5.74) is 19.3. The van der Waals surface area contributed by atoms with Gasteiger partial charge in [-0.15, -0.1) is 0 Å². The van der Waals surface area contributed by atoms with Crippen molar-refractivity contribution >= 4 is 27.8 Å². The largest absolute Gasteiger partial charge is 0.310 e. The highest BCUT2D eigenvalue weighted by Gasteiger charge is 2.36. The average molecular weight is 820 g/mol. The van der Waals surface area contributed by atoms with Gasteiger partial charge in [0.25, 0.3) is 0 Å². The Hall–Kier alpha value is -7.74. The van der Waals surface area contributed by atoms with Gasteiger partial charge in [-0.05, 0) is 121 Å². The standard InChI is InChI=1S/C63H49N/c1-62(2)58-29-16-15-28-56(58)57-43-54(39-40-59(57)62)64(60-41-34-47-20-13-14-27-55(47)61(60)49-22-17-21-48(42-49)44-18-7-4-8-19-44)53-37-32-46(33-38-53)45-30-35-52(36-31-45)63(3,50-23-9-5-10-24-50)51-25-11-6-12-26-51/h4-43H,1-3H3. The first-order valence-corrected chi connectivity index (χ1v) is 22.4. The maximum Gasteiger partial charge on any atom is 0.0546 e. The van der Waals surface area contributed by atoms with Gasteiger partial charge in [-0.1, -0.05) is 220 Å². The van der Waals surface area contributed by atoms with Gasteiger partial charge in [0.2, 0.25) is 0 Å². The molecule has 1 aliphatic rings. The summed E-state index contributed by atoms with van der Waals surface area (Å²) in [6.45, 7) is 7.05. The van der Waals surface area contributed by atoms with Gasteiger partial charge >= 0.3 is 0 Å². The number of nitrogens with zero attached hydrogens (tertiary/aromatic N) is 1. The monoisotopic (exact) mass is 819 g/mol. The molecule has 0 atom stereocenters. The van der Waals surface area contributed by atoms with E-state index in [1.807, 2.05) is 0 Å². The van der Waals surface area contributed by atoms with Crippen molar-refractivity contribution in [3.8, 4) is 44.5 Å². The van der Waals surface area contributed by atoms with Gasteiger partial charge < -0.3 is 4.90 Å². The van der Waals surface area contributed by atoms with Crippen molar-refractivity contribution in [2.45, 2.75) is 31.6 Å². The summed E-state index contributed by atoms with van der Waals surface area (Å²) < 4.78 is 0. The minimum atomic E-state index is -0.296. The number of rotatable bonds is 9. The van der Waals surface area contributed by atoms with E-state index < -0.39 is 0 Å². The molecule has 10 aromatic rings. The van der Waals surface area contributed by atoms with Crippen LogP contribution in [0.15, 0.2) is 243 Å². The third-order valence-corrected chi connectivity index (χ3v) is 13.9. The Kier molecular flexibility index (Phi) is 9.70. The topological polar surface area (TPSA) is 3.24 Å². The molecule has 0 bridgehead atoms. The molecule has 1 aliphatic carbocycles. The average Bonchev–Trinajstić information content (AvgIpc) is 3.59. The molecule has 1 heteroatoms. The van der Waals surface area contributed by atoms with Crippen LogP contribution in [0.2, 0.25) is 0 Å². The number of fused-ring (bicyclic) bond motifs is 4. The molecular weight excluding hydrogens is 771 g/mol. The van der Waals surface area contributed by atoms with Gasteiger partial charge in [-0.25, -0.2) is 0 Å². The Morgan fingerprint density at radius 2 is 0.875 bits per heavy atom. The number of hydrogen-bond acceptors (Lipinski definition) is 1. The van der Waals surface area contributed by atoms with Crippen LogP contribution in [-0.4, -0.2) is 0 Å². The lowest BCUT2D eigenvalue weighted by molar-refractivity contribution is 0.660. The zero-order chi connectivity index (χ0) is 43.3. The van der Waals surface area contributed by atoms with Crippen molar-refractivity contribution in [1.82, 2.24) is 0 Å². The van der Waals surface area contributed by atoms with E-state index in [-0.39, 0.29) is 10.8 Å². The summed E-state index contributed by atoms with van der Waals surface area (Å²) in [7, 11) is 0. The summed E-state index contributed by atoms with van der Waals surface area (Å²) in [6.07, 6.45) is 0. The molecule has 0 heterocycles. The van der Waals surface area contributed by atoms with Crippen LogP contribution in [0.5, 0.6) is 0 Å². The summed E-state index contributed by atoms with van der Waals surface area (Å²) in [5, 5.41) is 2.43. The fourth-order valence-electron chi connectivity index (χ4n) is 10.4. The number of benzene rings is 10. The van der Waals surface area contributed by atoms with E-state index in [2.05, 4.69) is 268 Å². The maximum absolute atomic E-state index is 2.48. The third-order valence-electron chi connectivity index (χ3n) is 13.9. The van der Waals surface area contributed by atoms with E-state index in [1.54, 1.807) is 0 Å². The second-order valence-corrected chi connectivity index (χ2v) is 17.8. The number of anilines is 3. The lowest BCUT2D eigenvalue weighted by Crippen LogP contribution is -2.25. The van der Waals surface area contributed by atoms with Gasteiger partial charge in [-0.2, -0.15) is 0 Å². The van der Waals surface area contributed by atoms with Crippen LogP contribution in [0.3, 0.4) is 0 Å². The fraction of sp³-hybridized carbons (Fsp3) is 0.0794. The lowest BCUT2D eigenvalue weighted by atomic mass is 9.71. The van der Waals surface area contributed by atoms with Crippen LogP contribution in [0, 0.1) is 0 Å². The Labute approximate surface area is 377 Å². The first kappa shape index (κ1) is 39.1. The molecule has 0 saturated carbocycles. The smallest absolute Gasteiger partial charge is 0.0546 e. The zero-order valence-corrected chi connectivity index (χ0v) is 36.5. The van der Waals surface area contributed by atoms with Crippen LogP contribution in [0.1, 0.15) is 48.6 Å². The van der Waals surface area contributed by atoms with Crippen LogP contribution < -0.4 is 4.90 Å². The molecule has 11 rings (SSSR count). The molecule has 0 aromatic heterocycles. The van der Waals surface area contributed by atoms with E-state index in [0.29, 0.717) is 0 Å².